The first-order valence-corrected chi connectivity index (χ1v) is 7.48. The smallest absolute Gasteiger partial charge is 0.133 e. The highest BCUT2D eigenvalue weighted by Crippen LogP contribution is 2.38. The van der Waals surface area contributed by atoms with Gasteiger partial charge in [0.2, 0.25) is 0 Å². The first-order valence-electron chi connectivity index (χ1n) is 5.77. The SMILES string of the molecule is COc1ccc(C(Br)C2CCCOC2)cc1Br. The standard InChI is InChI=1S/C13H16Br2O2/c1-16-12-5-4-9(7-11(12)14)13(15)10-3-2-6-17-8-10/h4-5,7,10,13H,2-3,6,8H2,1H3. The Morgan fingerprint density at radius 2 is 2.29 bits per heavy atom. The molecule has 1 aromatic rings. The van der Waals surface area contributed by atoms with E-state index < -0.39 is 0 Å². The largest absolute Gasteiger partial charge is 0.496 e. The Morgan fingerprint density at radius 1 is 1.47 bits per heavy atom. The van der Waals surface area contributed by atoms with Gasteiger partial charge in [0.05, 0.1) is 18.2 Å². The van der Waals surface area contributed by atoms with Gasteiger partial charge in [0, 0.05) is 11.4 Å². The number of hydrogen-bond donors (Lipinski definition) is 0. The Bertz CT molecular complexity index is 376. The molecular formula is C13H16Br2O2. The lowest BCUT2D eigenvalue weighted by Gasteiger charge is -2.27. The van der Waals surface area contributed by atoms with Crippen LogP contribution in [0.3, 0.4) is 0 Å². The monoisotopic (exact) mass is 362 g/mol. The molecule has 0 bridgehead atoms. The van der Waals surface area contributed by atoms with Gasteiger partial charge in [-0.05, 0) is 52.4 Å². The van der Waals surface area contributed by atoms with E-state index in [0.717, 1.165) is 29.9 Å². The van der Waals surface area contributed by atoms with Gasteiger partial charge in [-0.2, -0.15) is 0 Å². The molecule has 2 unspecified atom stereocenters. The van der Waals surface area contributed by atoms with E-state index in [0.29, 0.717) is 10.7 Å². The van der Waals surface area contributed by atoms with Crippen LogP contribution in [0.5, 0.6) is 5.75 Å². The lowest BCUT2D eigenvalue weighted by atomic mass is 9.94. The molecule has 0 radical (unpaired) electrons. The van der Waals surface area contributed by atoms with E-state index >= 15 is 0 Å². The van der Waals surface area contributed by atoms with Crippen LogP contribution in [0.4, 0.5) is 0 Å². The van der Waals surface area contributed by atoms with Gasteiger partial charge in [0.25, 0.3) is 0 Å². The summed E-state index contributed by atoms with van der Waals surface area (Å²) in [6.07, 6.45) is 2.38. The summed E-state index contributed by atoms with van der Waals surface area (Å²) < 4.78 is 11.8. The summed E-state index contributed by atoms with van der Waals surface area (Å²) >= 11 is 7.31. The van der Waals surface area contributed by atoms with Gasteiger partial charge in [0.1, 0.15) is 5.75 Å². The second-order valence-corrected chi connectivity index (χ2v) is 6.11. The van der Waals surface area contributed by atoms with Gasteiger partial charge in [-0.1, -0.05) is 22.0 Å². The van der Waals surface area contributed by atoms with Crippen molar-refractivity contribution in [3.63, 3.8) is 0 Å². The number of benzene rings is 1. The van der Waals surface area contributed by atoms with Crippen LogP contribution in [0.2, 0.25) is 0 Å². The lowest BCUT2D eigenvalue weighted by Crippen LogP contribution is -2.20. The topological polar surface area (TPSA) is 18.5 Å². The van der Waals surface area contributed by atoms with Crippen molar-refractivity contribution in [3.05, 3.63) is 28.2 Å². The maximum atomic E-state index is 5.53. The molecule has 1 heterocycles. The van der Waals surface area contributed by atoms with Crippen molar-refractivity contribution in [1.82, 2.24) is 0 Å². The van der Waals surface area contributed by atoms with E-state index in [1.54, 1.807) is 7.11 Å². The predicted octanol–water partition coefficient (Wildman–Crippen LogP) is 4.32. The minimum absolute atomic E-state index is 0.352. The van der Waals surface area contributed by atoms with Gasteiger partial charge in [0.15, 0.2) is 0 Å². The molecule has 94 valence electrons. The first kappa shape index (κ1) is 13.4. The van der Waals surface area contributed by atoms with Crippen LogP contribution in [0.15, 0.2) is 22.7 Å². The van der Waals surface area contributed by atoms with E-state index in [2.05, 4.69) is 44.0 Å². The molecule has 0 aliphatic carbocycles. The van der Waals surface area contributed by atoms with Crippen LogP contribution in [0.1, 0.15) is 23.2 Å². The van der Waals surface area contributed by atoms with Crippen LogP contribution in [-0.2, 0) is 4.74 Å². The second-order valence-electron chi connectivity index (χ2n) is 4.27. The van der Waals surface area contributed by atoms with Crippen LogP contribution >= 0.6 is 31.9 Å². The van der Waals surface area contributed by atoms with Crippen molar-refractivity contribution >= 4 is 31.9 Å². The van der Waals surface area contributed by atoms with E-state index in [1.807, 2.05) is 6.07 Å². The average molecular weight is 364 g/mol. The predicted molar refractivity (Wildman–Crippen MR) is 75.9 cm³/mol. The quantitative estimate of drug-likeness (QED) is 0.744. The zero-order valence-electron chi connectivity index (χ0n) is 9.79. The van der Waals surface area contributed by atoms with Crippen LogP contribution in [0.25, 0.3) is 0 Å². The fourth-order valence-corrected chi connectivity index (χ4v) is 3.38. The van der Waals surface area contributed by atoms with Crippen LogP contribution in [-0.4, -0.2) is 20.3 Å². The zero-order valence-corrected chi connectivity index (χ0v) is 13.0. The van der Waals surface area contributed by atoms with Crippen molar-refractivity contribution < 1.29 is 9.47 Å². The normalized spacial score (nSPS) is 22.2. The van der Waals surface area contributed by atoms with Gasteiger partial charge in [-0.15, -0.1) is 0 Å². The molecule has 0 saturated carbocycles. The van der Waals surface area contributed by atoms with E-state index in [1.165, 1.54) is 12.0 Å². The average Bonchev–Trinajstić information content (AvgIpc) is 2.39. The molecular weight excluding hydrogens is 348 g/mol. The van der Waals surface area contributed by atoms with Gasteiger partial charge < -0.3 is 9.47 Å². The second kappa shape index (κ2) is 6.21. The Hall–Kier alpha value is -0.0600. The molecule has 17 heavy (non-hydrogen) atoms. The Balaban J connectivity index is 2.12. The lowest BCUT2D eigenvalue weighted by molar-refractivity contribution is 0.0546. The Morgan fingerprint density at radius 3 is 2.88 bits per heavy atom. The molecule has 1 aliphatic rings. The summed E-state index contributed by atoms with van der Waals surface area (Å²) in [5.74, 6) is 1.43. The molecule has 2 rings (SSSR count). The molecule has 2 nitrogen and oxygen atoms in total. The number of ether oxygens (including phenoxy) is 2. The number of hydrogen-bond acceptors (Lipinski definition) is 2. The van der Waals surface area contributed by atoms with Crippen LogP contribution < -0.4 is 4.74 Å². The highest BCUT2D eigenvalue weighted by molar-refractivity contribution is 9.10. The third kappa shape index (κ3) is 3.24. The maximum absolute atomic E-state index is 5.53. The van der Waals surface area contributed by atoms with Gasteiger partial charge in [-0.3, -0.25) is 0 Å². The zero-order chi connectivity index (χ0) is 12.3. The van der Waals surface area contributed by atoms with E-state index in [-0.39, 0.29) is 0 Å². The molecule has 1 fully saturated rings. The molecule has 0 spiro atoms. The maximum Gasteiger partial charge on any atom is 0.133 e. The summed E-state index contributed by atoms with van der Waals surface area (Å²) in [4.78, 5) is 0.352. The van der Waals surface area contributed by atoms with Crippen molar-refractivity contribution in [3.8, 4) is 5.75 Å². The first-order chi connectivity index (χ1) is 8.22. The third-order valence-electron chi connectivity index (χ3n) is 3.10. The number of rotatable bonds is 3. The molecule has 1 aliphatic heterocycles. The number of methoxy groups -OCH3 is 1. The van der Waals surface area contributed by atoms with Crippen molar-refractivity contribution in [1.29, 1.82) is 0 Å². The number of halogens is 2. The summed E-state index contributed by atoms with van der Waals surface area (Å²) in [6.45, 7) is 1.75. The minimum atomic E-state index is 0.352. The van der Waals surface area contributed by atoms with Gasteiger partial charge in [-0.25, -0.2) is 0 Å². The third-order valence-corrected chi connectivity index (χ3v) is 5.00. The van der Waals surface area contributed by atoms with E-state index in [9.17, 15) is 0 Å². The van der Waals surface area contributed by atoms with Crippen molar-refractivity contribution in [2.24, 2.45) is 5.92 Å². The number of alkyl halides is 1. The molecule has 0 N–H and O–H groups in total. The van der Waals surface area contributed by atoms with Gasteiger partial charge >= 0.3 is 0 Å². The molecule has 1 saturated heterocycles. The molecule has 2 atom stereocenters. The van der Waals surface area contributed by atoms with Crippen molar-refractivity contribution in [2.75, 3.05) is 20.3 Å². The summed E-state index contributed by atoms with van der Waals surface area (Å²) in [7, 11) is 1.68. The fraction of sp³-hybridized carbons (Fsp3) is 0.538. The Kier molecular flexibility index (Phi) is 4.88. The summed E-state index contributed by atoms with van der Waals surface area (Å²) in [5, 5.41) is 0. The fourth-order valence-electron chi connectivity index (χ4n) is 2.12. The summed E-state index contributed by atoms with van der Waals surface area (Å²) in [6, 6.07) is 6.22. The minimum Gasteiger partial charge on any atom is -0.496 e. The molecule has 0 amide bonds. The summed E-state index contributed by atoms with van der Waals surface area (Å²) in [5.41, 5.74) is 1.27. The molecule has 0 aromatic heterocycles. The molecule has 1 aromatic carbocycles. The van der Waals surface area contributed by atoms with Crippen molar-refractivity contribution in [2.45, 2.75) is 17.7 Å². The van der Waals surface area contributed by atoms with Crippen LogP contribution in [0, 0.1) is 5.92 Å². The molecule has 4 heteroatoms. The van der Waals surface area contributed by atoms with E-state index in [4.69, 9.17) is 9.47 Å². The highest BCUT2D eigenvalue weighted by Gasteiger charge is 2.23. The highest BCUT2D eigenvalue weighted by atomic mass is 79.9. The Labute approximate surface area is 119 Å².